The first-order valence-electron chi connectivity index (χ1n) is 7.67. The number of hydrogen-bond donors (Lipinski definition) is 1. The van der Waals surface area contributed by atoms with E-state index in [0.717, 1.165) is 15.6 Å². The molecule has 4 heteroatoms. The Morgan fingerprint density at radius 1 is 1.12 bits per heavy atom. The molecule has 0 saturated heterocycles. The molecule has 0 aliphatic rings. The number of aliphatic carboxylic acids is 1. The van der Waals surface area contributed by atoms with Gasteiger partial charge >= 0.3 is 5.97 Å². The average molecular weight is 387 g/mol. The van der Waals surface area contributed by atoms with Gasteiger partial charge in [0.2, 0.25) is 0 Å². The van der Waals surface area contributed by atoms with Crippen molar-refractivity contribution in [2.75, 3.05) is 0 Å². The first-order valence-corrected chi connectivity index (χ1v) is 8.47. The van der Waals surface area contributed by atoms with Crippen LogP contribution in [0, 0.1) is 11.8 Å². The molecule has 2 atom stereocenters. The van der Waals surface area contributed by atoms with Crippen LogP contribution in [-0.4, -0.2) is 23.3 Å². The predicted molar refractivity (Wildman–Crippen MR) is 97.8 cm³/mol. The van der Waals surface area contributed by atoms with Crippen LogP contribution >= 0.6 is 15.9 Å². The highest BCUT2D eigenvalue weighted by Gasteiger charge is 2.30. The Kier molecular flexibility index (Phi) is 6.60. The Bertz CT molecular complexity index is 744. The van der Waals surface area contributed by atoms with Crippen molar-refractivity contribution >= 4 is 21.9 Å². The maximum absolute atomic E-state index is 11.7. The summed E-state index contributed by atoms with van der Waals surface area (Å²) in [6, 6.07) is 17.0. The molecule has 0 bridgehead atoms. The fourth-order valence-corrected chi connectivity index (χ4v) is 2.69. The molecule has 24 heavy (non-hydrogen) atoms. The zero-order chi connectivity index (χ0) is 17.5. The number of carbonyl (C=O) groups is 1. The topological polar surface area (TPSA) is 46.5 Å². The molecule has 0 aliphatic carbocycles. The molecule has 0 spiro atoms. The lowest BCUT2D eigenvalue weighted by molar-refractivity contribution is -0.153. The Balaban J connectivity index is 2.42. The molecule has 2 rings (SSSR count). The van der Waals surface area contributed by atoms with Gasteiger partial charge in [-0.2, -0.15) is 0 Å². The van der Waals surface area contributed by atoms with E-state index in [1.807, 2.05) is 68.4 Å². The van der Waals surface area contributed by atoms with Crippen molar-refractivity contribution < 1.29 is 14.6 Å². The standard InChI is InChI=1S/C20H19BrO3/c1-14(2)24-19(20(22)23)18(16-8-4-3-5-9-16)12-11-15-7-6-10-17(21)13-15/h3-10,13-14,18-19H,1-2H3,(H,22,23). The van der Waals surface area contributed by atoms with Gasteiger partial charge < -0.3 is 9.84 Å². The van der Waals surface area contributed by atoms with E-state index in [9.17, 15) is 9.90 Å². The van der Waals surface area contributed by atoms with E-state index >= 15 is 0 Å². The van der Waals surface area contributed by atoms with E-state index in [4.69, 9.17) is 4.74 Å². The van der Waals surface area contributed by atoms with Gasteiger partial charge in [0.05, 0.1) is 12.0 Å². The summed E-state index contributed by atoms with van der Waals surface area (Å²) in [5.41, 5.74) is 1.65. The summed E-state index contributed by atoms with van der Waals surface area (Å²) >= 11 is 3.41. The van der Waals surface area contributed by atoms with Crippen LogP contribution in [0.5, 0.6) is 0 Å². The third-order valence-electron chi connectivity index (χ3n) is 3.32. The fourth-order valence-electron chi connectivity index (χ4n) is 2.29. The van der Waals surface area contributed by atoms with E-state index in [-0.39, 0.29) is 6.10 Å². The highest BCUT2D eigenvalue weighted by Crippen LogP contribution is 2.23. The van der Waals surface area contributed by atoms with Crippen molar-refractivity contribution in [1.82, 2.24) is 0 Å². The summed E-state index contributed by atoms with van der Waals surface area (Å²) < 4.78 is 6.56. The molecule has 0 radical (unpaired) electrons. The predicted octanol–water partition coefficient (Wildman–Crippen LogP) is 4.46. The number of hydrogen-bond acceptors (Lipinski definition) is 2. The summed E-state index contributed by atoms with van der Waals surface area (Å²) in [6.45, 7) is 3.64. The molecule has 0 heterocycles. The van der Waals surface area contributed by atoms with Gasteiger partial charge in [-0.25, -0.2) is 4.79 Å². The number of halogens is 1. The van der Waals surface area contributed by atoms with Crippen LogP contribution in [-0.2, 0) is 9.53 Å². The molecular weight excluding hydrogens is 368 g/mol. The molecule has 0 aromatic heterocycles. The van der Waals surface area contributed by atoms with Crippen molar-refractivity contribution in [2.24, 2.45) is 0 Å². The van der Waals surface area contributed by atoms with Gasteiger partial charge in [-0.3, -0.25) is 0 Å². The summed E-state index contributed by atoms with van der Waals surface area (Å²) in [6.07, 6.45) is -1.22. The molecule has 2 aromatic carbocycles. The second-order valence-corrected chi connectivity index (χ2v) is 6.53. The van der Waals surface area contributed by atoms with Crippen LogP contribution in [0.15, 0.2) is 59.1 Å². The van der Waals surface area contributed by atoms with Crippen molar-refractivity contribution in [3.05, 3.63) is 70.2 Å². The number of rotatable bonds is 5. The fraction of sp³-hybridized carbons (Fsp3) is 0.250. The molecule has 0 fully saturated rings. The molecule has 0 amide bonds. The Morgan fingerprint density at radius 3 is 2.42 bits per heavy atom. The number of carboxylic acids is 1. The van der Waals surface area contributed by atoms with Crippen LogP contribution in [0.1, 0.15) is 30.9 Å². The van der Waals surface area contributed by atoms with E-state index < -0.39 is 18.0 Å². The number of carboxylic acid groups (broad SMARTS) is 1. The van der Waals surface area contributed by atoms with Gasteiger partial charge in [0.15, 0.2) is 6.10 Å². The Labute approximate surface area is 150 Å². The summed E-state index contributed by atoms with van der Waals surface area (Å²) in [7, 11) is 0. The average Bonchev–Trinajstić information content (AvgIpc) is 2.54. The highest BCUT2D eigenvalue weighted by molar-refractivity contribution is 9.10. The minimum Gasteiger partial charge on any atom is -0.479 e. The van der Waals surface area contributed by atoms with Crippen LogP contribution in [0.25, 0.3) is 0 Å². The number of ether oxygens (including phenoxy) is 1. The first-order chi connectivity index (χ1) is 11.5. The van der Waals surface area contributed by atoms with Crippen molar-refractivity contribution in [3.8, 4) is 11.8 Å². The van der Waals surface area contributed by atoms with Crippen molar-refractivity contribution in [3.63, 3.8) is 0 Å². The maximum Gasteiger partial charge on any atom is 0.334 e. The van der Waals surface area contributed by atoms with E-state index in [2.05, 4.69) is 27.8 Å². The molecule has 3 nitrogen and oxygen atoms in total. The van der Waals surface area contributed by atoms with Crippen molar-refractivity contribution in [2.45, 2.75) is 32.0 Å². The molecule has 1 N–H and O–H groups in total. The van der Waals surface area contributed by atoms with Crippen LogP contribution in [0.3, 0.4) is 0 Å². The summed E-state index contributed by atoms with van der Waals surface area (Å²) in [5, 5.41) is 9.59. The van der Waals surface area contributed by atoms with E-state index in [0.29, 0.717) is 0 Å². The second kappa shape index (κ2) is 8.68. The van der Waals surface area contributed by atoms with Gasteiger partial charge in [-0.05, 0) is 37.6 Å². The minimum atomic E-state index is -1.02. The lowest BCUT2D eigenvalue weighted by Gasteiger charge is -2.22. The van der Waals surface area contributed by atoms with Gasteiger partial charge in [0.25, 0.3) is 0 Å². The monoisotopic (exact) mass is 386 g/mol. The zero-order valence-electron chi connectivity index (χ0n) is 13.6. The van der Waals surface area contributed by atoms with Gasteiger partial charge in [0.1, 0.15) is 0 Å². The molecule has 2 aromatic rings. The third kappa shape index (κ3) is 5.23. The molecule has 2 unspecified atom stereocenters. The first kappa shape index (κ1) is 18.3. The van der Waals surface area contributed by atoms with Gasteiger partial charge in [-0.1, -0.05) is 64.2 Å². The SMILES string of the molecule is CC(C)OC(C(=O)O)C(C#Cc1cccc(Br)c1)c1ccccc1. The van der Waals surface area contributed by atoms with Gasteiger partial charge in [-0.15, -0.1) is 0 Å². The smallest absolute Gasteiger partial charge is 0.334 e. The summed E-state index contributed by atoms with van der Waals surface area (Å²) in [4.78, 5) is 11.7. The van der Waals surface area contributed by atoms with E-state index in [1.54, 1.807) is 0 Å². The van der Waals surface area contributed by atoms with Crippen molar-refractivity contribution in [1.29, 1.82) is 0 Å². The highest BCUT2D eigenvalue weighted by atomic mass is 79.9. The Morgan fingerprint density at radius 2 is 1.83 bits per heavy atom. The number of benzene rings is 2. The quantitative estimate of drug-likeness (QED) is 0.771. The molecular formula is C20H19BrO3. The van der Waals surface area contributed by atoms with E-state index in [1.165, 1.54) is 0 Å². The van der Waals surface area contributed by atoms with Crippen LogP contribution in [0.4, 0.5) is 0 Å². The molecule has 0 saturated carbocycles. The third-order valence-corrected chi connectivity index (χ3v) is 3.81. The van der Waals surface area contributed by atoms with Gasteiger partial charge in [0, 0.05) is 10.0 Å². The lowest BCUT2D eigenvalue weighted by Crippen LogP contribution is -2.32. The van der Waals surface area contributed by atoms with Crippen LogP contribution in [0.2, 0.25) is 0 Å². The van der Waals surface area contributed by atoms with Crippen LogP contribution < -0.4 is 0 Å². The second-order valence-electron chi connectivity index (χ2n) is 5.61. The largest absolute Gasteiger partial charge is 0.479 e. The normalized spacial score (nSPS) is 13.0. The lowest BCUT2D eigenvalue weighted by atomic mass is 9.93. The maximum atomic E-state index is 11.7. The molecule has 0 aliphatic heterocycles. The Hall–Kier alpha value is -2.09. The molecule has 124 valence electrons. The zero-order valence-corrected chi connectivity index (χ0v) is 15.2. The summed E-state index contributed by atoms with van der Waals surface area (Å²) in [5.74, 6) is 4.60. The minimum absolute atomic E-state index is 0.204.